The van der Waals surface area contributed by atoms with Crippen molar-refractivity contribution in [3.05, 3.63) is 53.8 Å². The van der Waals surface area contributed by atoms with Gasteiger partial charge in [0.05, 0.1) is 11.8 Å². The zero-order valence-electron chi connectivity index (χ0n) is 13.1. The molecule has 0 radical (unpaired) electrons. The van der Waals surface area contributed by atoms with Crippen molar-refractivity contribution in [3.8, 4) is 5.75 Å². The molecule has 0 saturated carbocycles. The van der Waals surface area contributed by atoms with E-state index in [0.29, 0.717) is 5.56 Å². The molecule has 0 bridgehead atoms. The molecule has 2 aromatic rings. The van der Waals surface area contributed by atoms with E-state index >= 15 is 0 Å². The van der Waals surface area contributed by atoms with E-state index in [9.17, 15) is 19.4 Å². The highest BCUT2D eigenvalue weighted by Gasteiger charge is 2.17. The number of nitrogens with one attached hydrogen (secondary N) is 1. The summed E-state index contributed by atoms with van der Waals surface area (Å²) in [6.07, 6.45) is 1.24. The quantitative estimate of drug-likeness (QED) is 0.757. The second-order valence-electron chi connectivity index (χ2n) is 5.88. The Hall–Kier alpha value is -2.60. The fourth-order valence-electron chi connectivity index (χ4n) is 2.75. The number of carbonyl (C=O) groups excluding carboxylic acids is 1. The number of hydrogen-bond acceptors (Lipinski definition) is 4. The molecule has 1 aliphatic rings. The van der Waals surface area contributed by atoms with Gasteiger partial charge in [-0.25, -0.2) is 4.39 Å². The van der Waals surface area contributed by atoms with Crippen LogP contribution in [0.2, 0.25) is 0 Å². The van der Waals surface area contributed by atoms with Crippen molar-refractivity contribution < 1.29 is 19.4 Å². The molecule has 3 N–H and O–H groups in total. The Balaban J connectivity index is 1.68. The molecule has 1 saturated heterocycles. The van der Waals surface area contributed by atoms with Crippen molar-refractivity contribution in [2.45, 2.75) is 18.9 Å². The number of piperidine rings is 1. The van der Waals surface area contributed by atoms with Gasteiger partial charge in [0.15, 0.2) is 0 Å². The first-order chi connectivity index (χ1) is 11.5. The standard InChI is InChI=1S/C18H19FN2O3/c19-13-3-6-17(23)16(11-13)20-18(24)12-1-4-14(5-2-12)21-9-7-15(22)8-10-21/h1-6,11,15,22-23H,7-10H2,(H,20,24). The van der Waals surface area contributed by atoms with Crippen LogP contribution in [0.4, 0.5) is 15.8 Å². The lowest BCUT2D eigenvalue weighted by Gasteiger charge is -2.31. The van der Waals surface area contributed by atoms with Gasteiger partial charge in [-0.1, -0.05) is 0 Å². The number of benzene rings is 2. The van der Waals surface area contributed by atoms with Gasteiger partial charge in [0.2, 0.25) is 0 Å². The van der Waals surface area contributed by atoms with E-state index in [1.807, 2.05) is 12.1 Å². The molecule has 3 rings (SSSR count). The van der Waals surface area contributed by atoms with Crippen LogP contribution in [0, 0.1) is 5.82 Å². The number of halogens is 1. The Labute approximate surface area is 139 Å². The zero-order chi connectivity index (χ0) is 17.1. The lowest BCUT2D eigenvalue weighted by Crippen LogP contribution is -2.35. The number of phenolic OH excluding ortho intramolecular Hbond substituents is 1. The van der Waals surface area contributed by atoms with Crippen LogP contribution in [0.1, 0.15) is 23.2 Å². The molecule has 0 spiro atoms. The minimum absolute atomic E-state index is 0.0362. The first kappa shape index (κ1) is 16.3. The molecule has 1 aliphatic heterocycles. The maximum absolute atomic E-state index is 13.2. The molecule has 1 fully saturated rings. The summed E-state index contributed by atoms with van der Waals surface area (Å²) in [6.45, 7) is 1.56. The third-order valence-electron chi connectivity index (χ3n) is 4.17. The summed E-state index contributed by atoms with van der Waals surface area (Å²) < 4.78 is 13.2. The van der Waals surface area contributed by atoms with Gasteiger partial charge in [-0.05, 0) is 49.2 Å². The molecule has 126 valence electrons. The molecule has 0 unspecified atom stereocenters. The number of carbonyl (C=O) groups is 1. The number of hydrogen-bond donors (Lipinski definition) is 3. The SMILES string of the molecule is O=C(Nc1cc(F)ccc1O)c1ccc(N2CCC(O)CC2)cc1. The summed E-state index contributed by atoms with van der Waals surface area (Å²) in [4.78, 5) is 14.4. The van der Waals surface area contributed by atoms with Gasteiger partial charge < -0.3 is 20.4 Å². The second-order valence-corrected chi connectivity index (χ2v) is 5.88. The number of amides is 1. The molecule has 2 aromatic carbocycles. The average molecular weight is 330 g/mol. The first-order valence-electron chi connectivity index (χ1n) is 7.86. The third kappa shape index (κ3) is 3.65. The second kappa shape index (κ2) is 6.88. The van der Waals surface area contributed by atoms with E-state index in [0.717, 1.165) is 43.8 Å². The van der Waals surface area contributed by atoms with Gasteiger partial charge in [0.25, 0.3) is 5.91 Å². The number of nitrogens with zero attached hydrogens (tertiary/aromatic N) is 1. The van der Waals surface area contributed by atoms with Crippen LogP contribution in [0.3, 0.4) is 0 Å². The predicted molar refractivity (Wildman–Crippen MR) is 89.9 cm³/mol. The summed E-state index contributed by atoms with van der Waals surface area (Å²) in [6, 6.07) is 10.4. The topological polar surface area (TPSA) is 72.8 Å². The van der Waals surface area contributed by atoms with Gasteiger partial charge in [-0.3, -0.25) is 4.79 Å². The maximum Gasteiger partial charge on any atom is 0.255 e. The largest absolute Gasteiger partial charge is 0.506 e. The number of phenols is 1. The van der Waals surface area contributed by atoms with E-state index in [2.05, 4.69) is 10.2 Å². The van der Waals surface area contributed by atoms with Gasteiger partial charge >= 0.3 is 0 Å². The van der Waals surface area contributed by atoms with Crippen molar-refractivity contribution in [2.24, 2.45) is 0 Å². The molecule has 5 nitrogen and oxygen atoms in total. The van der Waals surface area contributed by atoms with Crippen LogP contribution < -0.4 is 10.2 Å². The van der Waals surface area contributed by atoms with Crippen molar-refractivity contribution in [3.63, 3.8) is 0 Å². The van der Waals surface area contributed by atoms with E-state index in [1.54, 1.807) is 12.1 Å². The fraction of sp³-hybridized carbons (Fsp3) is 0.278. The van der Waals surface area contributed by atoms with Crippen molar-refractivity contribution in [1.29, 1.82) is 0 Å². The third-order valence-corrected chi connectivity index (χ3v) is 4.17. The lowest BCUT2D eigenvalue weighted by atomic mass is 10.1. The first-order valence-corrected chi connectivity index (χ1v) is 7.86. The van der Waals surface area contributed by atoms with Crippen LogP contribution in [-0.2, 0) is 0 Å². The van der Waals surface area contributed by atoms with Crippen molar-refractivity contribution >= 4 is 17.3 Å². The van der Waals surface area contributed by atoms with E-state index in [4.69, 9.17) is 0 Å². The molecule has 1 heterocycles. The lowest BCUT2D eigenvalue weighted by molar-refractivity contribution is 0.102. The minimum atomic E-state index is -0.536. The number of aromatic hydroxyl groups is 1. The Morgan fingerprint density at radius 3 is 2.46 bits per heavy atom. The summed E-state index contributed by atoms with van der Waals surface area (Å²) in [5.74, 6) is -1.14. The molecule has 0 aromatic heterocycles. The summed E-state index contributed by atoms with van der Waals surface area (Å²) >= 11 is 0. The Kier molecular flexibility index (Phi) is 4.66. The van der Waals surface area contributed by atoms with Gasteiger partial charge in [0, 0.05) is 30.4 Å². The van der Waals surface area contributed by atoms with E-state index in [-0.39, 0.29) is 17.5 Å². The van der Waals surface area contributed by atoms with Crippen LogP contribution in [0.5, 0.6) is 5.75 Å². The van der Waals surface area contributed by atoms with Crippen molar-refractivity contribution in [2.75, 3.05) is 23.3 Å². The molecule has 6 heteroatoms. The van der Waals surface area contributed by atoms with E-state index < -0.39 is 11.7 Å². The normalized spacial score (nSPS) is 15.3. The van der Waals surface area contributed by atoms with Crippen molar-refractivity contribution in [1.82, 2.24) is 0 Å². The van der Waals surface area contributed by atoms with Crippen LogP contribution >= 0.6 is 0 Å². The molecule has 1 amide bonds. The number of aliphatic hydroxyl groups excluding tert-OH is 1. The highest BCUT2D eigenvalue weighted by Crippen LogP contribution is 2.25. The minimum Gasteiger partial charge on any atom is -0.506 e. The highest BCUT2D eigenvalue weighted by molar-refractivity contribution is 6.05. The van der Waals surface area contributed by atoms with E-state index in [1.165, 1.54) is 6.07 Å². The number of anilines is 2. The number of rotatable bonds is 3. The predicted octanol–water partition coefficient (Wildman–Crippen LogP) is 2.74. The molecular formula is C18H19FN2O3. The number of aliphatic hydroxyl groups is 1. The Morgan fingerprint density at radius 2 is 1.79 bits per heavy atom. The van der Waals surface area contributed by atoms with Crippen LogP contribution in [0.25, 0.3) is 0 Å². The average Bonchev–Trinajstić information content (AvgIpc) is 2.59. The monoisotopic (exact) mass is 330 g/mol. The molecule has 0 aliphatic carbocycles. The smallest absolute Gasteiger partial charge is 0.255 e. The van der Waals surface area contributed by atoms with Gasteiger partial charge in [-0.2, -0.15) is 0 Å². The maximum atomic E-state index is 13.2. The molecule has 24 heavy (non-hydrogen) atoms. The molecule has 0 atom stereocenters. The van der Waals surface area contributed by atoms with Gasteiger partial charge in [0.1, 0.15) is 11.6 Å². The molecular weight excluding hydrogens is 311 g/mol. The van der Waals surface area contributed by atoms with Crippen LogP contribution in [0.15, 0.2) is 42.5 Å². The Morgan fingerprint density at radius 1 is 1.12 bits per heavy atom. The zero-order valence-corrected chi connectivity index (χ0v) is 13.1. The summed E-state index contributed by atoms with van der Waals surface area (Å²) in [5, 5.41) is 21.7. The Bertz CT molecular complexity index is 726. The summed E-state index contributed by atoms with van der Waals surface area (Å²) in [5.41, 5.74) is 1.45. The van der Waals surface area contributed by atoms with Gasteiger partial charge in [-0.15, -0.1) is 0 Å². The van der Waals surface area contributed by atoms with Crippen LogP contribution in [-0.4, -0.2) is 35.3 Å². The highest BCUT2D eigenvalue weighted by atomic mass is 19.1. The summed E-state index contributed by atoms with van der Waals surface area (Å²) in [7, 11) is 0. The fourth-order valence-corrected chi connectivity index (χ4v) is 2.75.